The Morgan fingerprint density at radius 2 is 1.32 bits per heavy atom. The molecule has 0 aliphatic heterocycles. The number of carboxylic acid groups (broad SMARTS) is 3. The number of carbonyl (C=O) groups excluding carboxylic acids is 3. The van der Waals surface area contributed by atoms with E-state index in [9.17, 15) is 44.1 Å². The standard InChI is InChI=1S/C26H44N4O10/c1-14(2)21(26(39)40)29-24(37)18(13-20(34)35)28-25(38)22(15(3)31)30-23(36)17(9-10-19(32)33)27-12-11-16-7-5-4-6-8-16/h14-18,21-22,27,31H,4-13H2,1-3H3,(H,28,38)(H,29,37)(H,30,36)(H,32,33)(H,34,35)(H,39,40)/t15-,17+,18+,21+,22+/m1/s1. The molecule has 40 heavy (non-hydrogen) atoms. The minimum Gasteiger partial charge on any atom is -0.481 e. The van der Waals surface area contributed by atoms with E-state index in [4.69, 9.17) is 5.11 Å². The normalized spacial score (nSPS) is 17.6. The van der Waals surface area contributed by atoms with Crippen molar-refractivity contribution in [1.82, 2.24) is 21.3 Å². The molecule has 0 bridgehead atoms. The number of hydrogen-bond donors (Lipinski definition) is 8. The average molecular weight is 573 g/mol. The number of carbonyl (C=O) groups is 6. The van der Waals surface area contributed by atoms with Gasteiger partial charge in [0, 0.05) is 6.42 Å². The molecule has 0 radical (unpaired) electrons. The first kappa shape index (κ1) is 34.8. The molecule has 1 fully saturated rings. The summed E-state index contributed by atoms with van der Waals surface area (Å²) < 4.78 is 0. The first-order valence-corrected chi connectivity index (χ1v) is 13.7. The maximum atomic E-state index is 13.1. The van der Waals surface area contributed by atoms with E-state index in [-0.39, 0.29) is 12.8 Å². The SMILES string of the molecule is CC(C)[C@H](NC(=O)[C@H](CC(=O)O)NC(=O)[C@@H](NC(=O)[C@H](CCC(=O)O)NCCC1CCCCC1)[C@@H](C)O)C(=O)O. The van der Waals surface area contributed by atoms with Crippen LogP contribution in [0.1, 0.15) is 78.6 Å². The Bertz CT molecular complexity index is 889. The van der Waals surface area contributed by atoms with Crippen molar-refractivity contribution in [2.45, 2.75) is 109 Å². The van der Waals surface area contributed by atoms with Crippen LogP contribution in [0.25, 0.3) is 0 Å². The van der Waals surface area contributed by atoms with Crippen molar-refractivity contribution in [3.8, 4) is 0 Å². The zero-order valence-electron chi connectivity index (χ0n) is 23.4. The molecule has 0 heterocycles. The molecule has 0 spiro atoms. The van der Waals surface area contributed by atoms with E-state index in [2.05, 4.69) is 21.3 Å². The molecule has 228 valence electrons. The lowest BCUT2D eigenvalue weighted by Gasteiger charge is -2.27. The Morgan fingerprint density at radius 3 is 1.82 bits per heavy atom. The van der Waals surface area contributed by atoms with E-state index in [0.29, 0.717) is 12.5 Å². The first-order chi connectivity index (χ1) is 18.7. The van der Waals surface area contributed by atoms with Gasteiger partial charge in [0.25, 0.3) is 0 Å². The molecule has 3 amide bonds. The van der Waals surface area contributed by atoms with Gasteiger partial charge < -0.3 is 41.7 Å². The lowest BCUT2D eigenvalue weighted by atomic mass is 9.87. The fourth-order valence-electron chi connectivity index (χ4n) is 4.60. The predicted octanol–water partition coefficient (Wildman–Crippen LogP) is -0.170. The van der Waals surface area contributed by atoms with Crippen molar-refractivity contribution < 1.29 is 49.2 Å². The molecule has 1 aliphatic carbocycles. The highest BCUT2D eigenvalue weighted by molar-refractivity contribution is 5.96. The zero-order valence-corrected chi connectivity index (χ0v) is 23.4. The van der Waals surface area contributed by atoms with Crippen LogP contribution in [-0.4, -0.2) is 92.9 Å². The molecule has 1 aliphatic rings. The second-order valence-corrected chi connectivity index (χ2v) is 10.7. The number of aliphatic hydroxyl groups is 1. The summed E-state index contributed by atoms with van der Waals surface area (Å²) >= 11 is 0. The highest BCUT2D eigenvalue weighted by Crippen LogP contribution is 2.25. The molecule has 1 rings (SSSR count). The molecule has 0 unspecified atom stereocenters. The van der Waals surface area contributed by atoms with E-state index in [1.165, 1.54) is 27.2 Å². The number of aliphatic carboxylic acids is 3. The van der Waals surface area contributed by atoms with Gasteiger partial charge in [-0.3, -0.25) is 24.0 Å². The van der Waals surface area contributed by atoms with Gasteiger partial charge >= 0.3 is 17.9 Å². The van der Waals surface area contributed by atoms with E-state index < -0.39 is 78.2 Å². The van der Waals surface area contributed by atoms with Crippen molar-refractivity contribution >= 4 is 35.6 Å². The van der Waals surface area contributed by atoms with E-state index in [1.54, 1.807) is 0 Å². The van der Waals surface area contributed by atoms with Crippen LogP contribution in [-0.2, 0) is 28.8 Å². The third-order valence-electron chi connectivity index (χ3n) is 6.94. The van der Waals surface area contributed by atoms with E-state index in [0.717, 1.165) is 32.1 Å². The molecular formula is C26H44N4O10. The quantitative estimate of drug-likeness (QED) is 0.107. The van der Waals surface area contributed by atoms with Crippen molar-refractivity contribution in [1.29, 1.82) is 0 Å². The van der Waals surface area contributed by atoms with Gasteiger partial charge in [-0.1, -0.05) is 46.0 Å². The highest BCUT2D eigenvalue weighted by atomic mass is 16.4. The van der Waals surface area contributed by atoms with E-state index in [1.807, 2.05) is 0 Å². The molecule has 14 heteroatoms. The summed E-state index contributed by atoms with van der Waals surface area (Å²) in [6.07, 6.45) is 3.73. The maximum Gasteiger partial charge on any atom is 0.326 e. The van der Waals surface area contributed by atoms with Gasteiger partial charge in [-0.15, -0.1) is 0 Å². The van der Waals surface area contributed by atoms with Gasteiger partial charge in [-0.25, -0.2) is 4.79 Å². The Kier molecular flexibility index (Phi) is 15.2. The molecule has 5 atom stereocenters. The van der Waals surface area contributed by atoms with Gasteiger partial charge in [0.05, 0.1) is 18.6 Å². The monoisotopic (exact) mass is 572 g/mol. The number of nitrogens with one attached hydrogen (secondary N) is 4. The molecule has 0 aromatic carbocycles. The third kappa shape index (κ3) is 12.7. The summed E-state index contributed by atoms with van der Waals surface area (Å²) in [5.74, 6) is -6.81. The Balaban J connectivity index is 2.95. The zero-order chi connectivity index (χ0) is 30.4. The summed E-state index contributed by atoms with van der Waals surface area (Å²) in [5.41, 5.74) is 0. The van der Waals surface area contributed by atoms with Crippen molar-refractivity contribution in [3.63, 3.8) is 0 Å². The van der Waals surface area contributed by atoms with Crippen LogP contribution in [0.3, 0.4) is 0 Å². The Hall–Kier alpha value is -3.26. The minimum atomic E-state index is -1.69. The van der Waals surface area contributed by atoms with Gasteiger partial charge in [0.2, 0.25) is 17.7 Å². The summed E-state index contributed by atoms with van der Waals surface area (Å²) in [4.78, 5) is 72.6. The van der Waals surface area contributed by atoms with Crippen LogP contribution in [0.15, 0.2) is 0 Å². The largest absolute Gasteiger partial charge is 0.481 e. The van der Waals surface area contributed by atoms with Crippen LogP contribution in [0.2, 0.25) is 0 Å². The number of carboxylic acids is 3. The number of rotatable bonds is 18. The average Bonchev–Trinajstić information content (AvgIpc) is 2.86. The second-order valence-electron chi connectivity index (χ2n) is 10.7. The maximum absolute atomic E-state index is 13.1. The summed E-state index contributed by atoms with van der Waals surface area (Å²) in [5, 5.41) is 47.7. The molecule has 0 aromatic rings. The molecule has 1 saturated carbocycles. The lowest BCUT2D eigenvalue weighted by molar-refractivity contribution is -0.145. The fourth-order valence-corrected chi connectivity index (χ4v) is 4.60. The third-order valence-corrected chi connectivity index (χ3v) is 6.94. The first-order valence-electron chi connectivity index (χ1n) is 13.7. The van der Waals surface area contributed by atoms with Gasteiger partial charge in [0.15, 0.2) is 0 Å². The van der Waals surface area contributed by atoms with E-state index >= 15 is 0 Å². The lowest BCUT2D eigenvalue weighted by Crippen LogP contribution is -2.60. The number of amides is 3. The minimum absolute atomic E-state index is 0.0736. The van der Waals surface area contributed by atoms with Crippen LogP contribution in [0, 0.1) is 11.8 Å². The highest BCUT2D eigenvalue weighted by Gasteiger charge is 2.34. The summed E-state index contributed by atoms with van der Waals surface area (Å²) in [6.45, 7) is 4.73. The Morgan fingerprint density at radius 1 is 0.750 bits per heavy atom. The summed E-state index contributed by atoms with van der Waals surface area (Å²) in [6, 6.07) is -5.62. The molecule has 0 saturated heterocycles. The Labute approximate surface area is 233 Å². The van der Waals surface area contributed by atoms with Crippen LogP contribution >= 0.6 is 0 Å². The van der Waals surface area contributed by atoms with Gasteiger partial charge in [0.1, 0.15) is 18.1 Å². The number of hydrogen-bond acceptors (Lipinski definition) is 8. The molecular weight excluding hydrogens is 528 g/mol. The van der Waals surface area contributed by atoms with Crippen molar-refractivity contribution in [2.24, 2.45) is 11.8 Å². The van der Waals surface area contributed by atoms with Crippen molar-refractivity contribution in [2.75, 3.05) is 6.54 Å². The summed E-state index contributed by atoms with van der Waals surface area (Å²) in [7, 11) is 0. The molecule has 8 N–H and O–H groups in total. The van der Waals surface area contributed by atoms with Crippen molar-refractivity contribution in [3.05, 3.63) is 0 Å². The fraction of sp³-hybridized carbons (Fsp3) is 0.769. The predicted molar refractivity (Wildman–Crippen MR) is 142 cm³/mol. The number of aliphatic hydroxyl groups excluding tert-OH is 1. The second kappa shape index (κ2) is 17.4. The van der Waals surface area contributed by atoms with Crippen LogP contribution in [0.5, 0.6) is 0 Å². The van der Waals surface area contributed by atoms with Crippen LogP contribution < -0.4 is 21.3 Å². The smallest absolute Gasteiger partial charge is 0.326 e. The molecule has 0 aromatic heterocycles. The van der Waals surface area contributed by atoms with Gasteiger partial charge in [-0.05, 0) is 38.1 Å². The van der Waals surface area contributed by atoms with Gasteiger partial charge in [-0.2, -0.15) is 0 Å². The molecule has 14 nitrogen and oxygen atoms in total. The van der Waals surface area contributed by atoms with Crippen LogP contribution in [0.4, 0.5) is 0 Å². The topological polar surface area (TPSA) is 231 Å².